The molecule has 0 aromatic carbocycles. The van der Waals surface area contributed by atoms with Gasteiger partial charge in [0.05, 0.1) is 12.9 Å². The Morgan fingerprint density at radius 3 is 2.52 bits per heavy atom. The first-order valence-electron chi connectivity index (χ1n) is 8.59. The second kappa shape index (κ2) is 6.62. The van der Waals surface area contributed by atoms with Crippen LogP contribution >= 0.6 is 0 Å². The molecule has 7 nitrogen and oxygen atoms in total. The molecule has 7 heteroatoms. The molecule has 1 saturated heterocycles. The molecule has 0 radical (unpaired) electrons. The summed E-state index contributed by atoms with van der Waals surface area (Å²) in [5.74, 6) is 1.80. The van der Waals surface area contributed by atoms with Crippen molar-refractivity contribution in [2.75, 3.05) is 31.2 Å². The van der Waals surface area contributed by atoms with Gasteiger partial charge in [-0.2, -0.15) is 0 Å². The van der Waals surface area contributed by atoms with E-state index < -0.39 is 0 Å². The summed E-state index contributed by atoms with van der Waals surface area (Å²) in [6.45, 7) is 5.35. The van der Waals surface area contributed by atoms with E-state index in [0.29, 0.717) is 0 Å². The third-order valence-electron chi connectivity index (χ3n) is 4.69. The number of anilines is 1. The molecule has 0 atom stereocenters. The lowest BCUT2D eigenvalue weighted by Crippen LogP contribution is -2.42. The maximum atomic E-state index is 4.45. The standard InChI is InChI=1S/C16H23N7/c1-2-4-9-21(8-3-1)13-22-10-5-11-23-15(19-20-16(22)23)14-12-17-6-7-18-14/h6-7,12H,1-5,8-11,13H2. The minimum atomic E-state index is 0.794. The van der Waals surface area contributed by atoms with Crippen LogP contribution in [0.2, 0.25) is 0 Å². The van der Waals surface area contributed by atoms with Crippen molar-refractivity contribution in [2.45, 2.75) is 38.6 Å². The molecule has 122 valence electrons. The van der Waals surface area contributed by atoms with Crippen molar-refractivity contribution >= 4 is 5.95 Å². The van der Waals surface area contributed by atoms with Gasteiger partial charge < -0.3 is 4.90 Å². The van der Waals surface area contributed by atoms with Gasteiger partial charge >= 0.3 is 0 Å². The maximum absolute atomic E-state index is 4.45. The number of rotatable bonds is 3. The summed E-state index contributed by atoms with van der Waals surface area (Å²) in [5, 5.41) is 8.83. The van der Waals surface area contributed by atoms with E-state index in [4.69, 9.17) is 0 Å². The summed E-state index contributed by atoms with van der Waals surface area (Å²) >= 11 is 0. The van der Waals surface area contributed by atoms with Crippen LogP contribution in [-0.4, -0.2) is 55.9 Å². The third kappa shape index (κ3) is 3.06. The lowest BCUT2D eigenvalue weighted by Gasteiger charge is -2.33. The van der Waals surface area contributed by atoms with Crippen molar-refractivity contribution in [1.29, 1.82) is 0 Å². The molecule has 0 bridgehead atoms. The molecule has 2 aromatic rings. The normalized spacial score (nSPS) is 19.4. The summed E-state index contributed by atoms with van der Waals surface area (Å²) in [6, 6.07) is 0. The first-order chi connectivity index (χ1) is 11.4. The van der Waals surface area contributed by atoms with Crippen LogP contribution in [0.4, 0.5) is 5.95 Å². The number of aromatic nitrogens is 5. The molecule has 0 unspecified atom stereocenters. The zero-order valence-corrected chi connectivity index (χ0v) is 13.4. The number of fused-ring (bicyclic) bond motifs is 1. The van der Waals surface area contributed by atoms with E-state index in [0.717, 1.165) is 43.6 Å². The van der Waals surface area contributed by atoms with Crippen LogP contribution < -0.4 is 4.90 Å². The Kier molecular flexibility index (Phi) is 4.19. The zero-order chi connectivity index (χ0) is 15.5. The minimum absolute atomic E-state index is 0.794. The highest BCUT2D eigenvalue weighted by atomic mass is 15.5. The van der Waals surface area contributed by atoms with Gasteiger partial charge in [-0.25, -0.2) is 4.98 Å². The van der Waals surface area contributed by atoms with Crippen LogP contribution in [0.1, 0.15) is 32.1 Å². The van der Waals surface area contributed by atoms with Crippen LogP contribution in [0, 0.1) is 0 Å². The van der Waals surface area contributed by atoms with Gasteiger partial charge in [0.1, 0.15) is 5.69 Å². The SMILES string of the molecule is c1cnc(-c2nnc3n2CCCN3CN2CCCCCC2)cn1. The van der Waals surface area contributed by atoms with E-state index in [1.54, 1.807) is 18.6 Å². The van der Waals surface area contributed by atoms with Gasteiger partial charge in [0.15, 0.2) is 5.82 Å². The zero-order valence-electron chi connectivity index (χ0n) is 13.4. The predicted molar refractivity (Wildman–Crippen MR) is 87.9 cm³/mol. The van der Waals surface area contributed by atoms with E-state index in [1.807, 2.05) is 0 Å². The summed E-state index contributed by atoms with van der Waals surface area (Å²) in [5.41, 5.74) is 0.794. The Morgan fingerprint density at radius 1 is 0.870 bits per heavy atom. The van der Waals surface area contributed by atoms with E-state index in [1.165, 1.54) is 38.8 Å². The van der Waals surface area contributed by atoms with Gasteiger partial charge in [-0.3, -0.25) is 14.5 Å². The molecule has 4 rings (SSSR count). The molecule has 2 aliphatic heterocycles. The fraction of sp³-hybridized carbons (Fsp3) is 0.625. The topological polar surface area (TPSA) is 63.0 Å². The number of hydrogen-bond donors (Lipinski definition) is 0. The van der Waals surface area contributed by atoms with Gasteiger partial charge in [-0.15, -0.1) is 10.2 Å². The summed E-state index contributed by atoms with van der Waals surface area (Å²) in [7, 11) is 0. The first-order valence-corrected chi connectivity index (χ1v) is 8.59. The molecule has 1 fully saturated rings. The molecule has 0 amide bonds. The number of hydrogen-bond acceptors (Lipinski definition) is 6. The van der Waals surface area contributed by atoms with Crippen LogP contribution in [0.15, 0.2) is 18.6 Å². The Labute approximate surface area is 136 Å². The molecule has 0 N–H and O–H groups in total. The highest BCUT2D eigenvalue weighted by Crippen LogP contribution is 2.25. The van der Waals surface area contributed by atoms with Crippen LogP contribution in [0.25, 0.3) is 11.5 Å². The fourth-order valence-corrected chi connectivity index (χ4v) is 3.51. The van der Waals surface area contributed by atoms with Gasteiger partial charge in [-0.05, 0) is 32.4 Å². The molecule has 2 aromatic heterocycles. The molecule has 0 spiro atoms. The Hall–Kier alpha value is -2.02. The van der Waals surface area contributed by atoms with Crippen molar-refractivity contribution in [2.24, 2.45) is 0 Å². The van der Waals surface area contributed by atoms with E-state index >= 15 is 0 Å². The van der Waals surface area contributed by atoms with Crippen molar-refractivity contribution in [3.05, 3.63) is 18.6 Å². The average molecular weight is 313 g/mol. The van der Waals surface area contributed by atoms with E-state index in [2.05, 4.69) is 34.5 Å². The lowest BCUT2D eigenvalue weighted by atomic mass is 10.2. The largest absolute Gasteiger partial charge is 0.328 e. The van der Waals surface area contributed by atoms with Gasteiger partial charge in [0, 0.05) is 25.5 Å². The predicted octanol–water partition coefficient (Wildman–Crippen LogP) is 1.78. The average Bonchev–Trinajstić information content (AvgIpc) is 2.87. The highest BCUT2D eigenvalue weighted by molar-refractivity contribution is 5.52. The second-order valence-corrected chi connectivity index (χ2v) is 6.36. The third-order valence-corrected chi connectivity index (χ3v) is 4.69. The first kappa shape index (κ1) is 14.6. The number of nitrogens with zero attached hydrogens (tertiary/aromatic N) is 7. The summed E-state index contributed by atoms with van der Waals surface area (Å²) in [6.07, 6.45) is 11.6. The Balaban J connectivity index is 1.56. The minimum Gasteiger partial charge on any atom is -0.328 e. The van der Waals surface area contributed by atoms with Gasteiger partial charge in [0.2, 0.25) is 5.95 Å². The van der Waals surface area contributed by atoms with Crippen molar-refractivity contribution in [3.63, 3.8) is 0 Å². The Bertz CT molecular complexity index is 631. The molecule has 0 aliphatic carbocycles. The molecule has 4 heterocycles. The van der Waals surface area contributed by atoms with Crippen LogP contribution in [-0.2, 0) is 6.54 Å². The van der Waals surface area contributed by atoms with Gasteiger partial charge in [0.25, 0.3) is 0 Å². The summed E-state index contributed by atoms with van der Waals surface area (Å²) < 4.78 is 2.19. The van der Waals surface area contributed by atoms with E-state index in [9.17, 15) is 0 Å². The van der Waals surface area contributed by atoms with Crippen molar-refractivity contribution in [1.82, 2.24) is 29.6 Å². The van der Waals surface area contributed by atoms with Gasteiger partial charge in [-0.1, -0.05) is 12.8 Å². The molecule has 2 aliphatic rings. The monoisotopic (exact) mass is 313 g/mol. The van der Waals surface area contributed by atoms with Crippen molar-refractivity contribution in [3.8, 4) is 11.5 Å². The molecular formula is C16H23N7. The highest BCUT2D eigenvalue weighted by Gasteiger charge is 2.25. The van der Waals surface area contributed by atoms with Crippen LogP contribution in [0.5, 0.6) is 0 Å². The summed E-state index contributed by atoms with van der Waals surface area (Å²) in [4.78, 5) is 13.4. The van der Waals surface area contributed by atoms with Crippen LogP contribution in [0.3, 0.4) is 0 Å². The quantitative estimate of drug-likeness (QED) is 0.861. The smallest absolute Gasteiger partial charge is 0.228 e. The van der Waals surface area contributed by atoms with Crippen molar-refractivity contribution < 1.29 is 0 Å². The molecule has 0 saturated carbocycles. The second-order valence-electron chi connectivity index (χ2n) is 6.36. The van der Waals surface area contributed by atoms with E-state index in [-0.39, 0.29) is 0 Å². The number of likely N-dealkylation sites (tertiary alicyclic amines) is 1. The lowest BCUT2D eigenvalue weighted by molar-refractivity contribution is 0.276. The molecular weight excluding hydrogens is 290 g/mol. The maximum Gasteiger partial charge on any atom is 0.228 e. The molecule has 23 heavy (non-hydrogen) atoms. The fourth-order valence-electron chi connectivity index (χ4n) is 3.51. The Morgan fingerprint density at radius 2 is 1.74 bits per heavy atom.